The molecule has 0 aromatic heterocycles. The molecule has 0 radical (unpaired) electrons. The van der Waals surface area contributed by atoms with Gasteiger partial charge in [0.25, 0.3) is 0 Å². The molecule has 1 nitrogen and oxygen atoms in total. The van der Waals surface area contributed by atoms with Crippen LogP contribution in [0.5, 0.6) is 0 Å². The molecule has 0 saturated carbocycles. The van der Waals surface area contributed by atoms with Gasteiger partial charge in [0.2, 0.25) is 0 Å². The van der Waals surface area contributed by atoms with Crippen LogP contribution in [0, 0.1) is 5.92 Å². The van der Waals surface area contributed by atoms with Crippen LogP contribution >= 0.6 is 0 Å². The zero-order valence-corrected chi connectivity index (χ0v) is 10.9. The van der Waals surface area contributed by atoms with Crippen molar-refractivity contribution in [3.63, 3.8) is 0 Å². The zero-order valence-electron chi connectivity index (χ0n) is 9.88. The first kappa shape index (κ1) is 12.0. The molecule has 1 heterocycles. The topological polar surface area (TPSA) is 9.23 Å². The smallest absolute Gasteiger partial charge is 0.0514 e. The van der Waals surface area contributed by atoms with E-state index in [1.807, 2.05) is 0 Å². The van der Waals surface area contributed by atoms with Gasteiger partial charge in [0.1, 0.15) is 0 Å². The summed E-state index contributed by atoms with van der Waals surface area (Å²) in [6.45, 7) is 9.15. The molecule has 0 aromatic carbocycles. The van der Waals surface area contributed by atoms with E-state index in [1.54, 1.807) is 0 Å². The Morgan fingerprint density at radius 2 is 1.93 bits per heavy atom. The highest BCUT2D eigenvalue weighted by Gasteiger charge is 2.25. The monoisotopic (exact) mass is 212 g/mol. The van der Waals surface area contributed by atoms with E-state index >= 15 is 0 Å². The summed E-state index contributed by atoms with van der Waals surface area (Å²) >= 11 is 0. The highest BCUT2D eigenvalue weighted by atomic mass is 28.3. The molecule has 0 bridgehead atoms. The fraction of sp³-hybridized carbons (Fsp3) is 0.833. The molecule has 0 aromatic rings. The molecule has 14 heavy (non-hydrogen) atoms. The maximum atomic E-state index is 5.40. The molecular weight excluding hydrogens is 188 g/mol. The lowest BCUT2D eigenvalue weighted by atomic mass is 10.0. The first-order valence-corrected chi connectivity index (χ1v) is 9.24. The molecule has 1 saturated heterocycles. The summed E-state index contributed by atoms with van der Waals surface area (Å²) in [5.41, 5.74) is 0. The Morgan fingerprint density at radius 1 is 1.29 bits per heavy atom. The molecule has 82 valence electrons. The molecule has 0 N–H and O–H groups in total. The normalized spacial score (nSPS) is 20.5. The van der Waals surface area contributed by atoms with Crippen molar-refractivity contribution >= 4 is 8.07 Å². The van der Waals surface area contributed by atoms with Gasteiger partial charge in [0.05, 0.1) is 8.07 Å². The predicted molar refractivity (Wildman–Crippen MR) is 65.5 cm³/mol. The lowest BCUT2D eigenvalue weighted by molar-refractivity contribution is 0.0712. The lowest BCUT2D eigenvalue weighted by Gasteiger charge is -2.29. The van der Waals surface area contributed by atoms with Gasteiger partial charge in [0.15, 0.2) is 0 Å². The average molecular weight is 212 g/mol. The van der Waals surface area contributed by atoms with E-state index in [1.165, 1.54) is 24.9 Å². The van der Waals surface area contributed by atoms with Crippen molar-refractivity contribution in [2.75, 3.05) is 13.2 Å². The summed E-state index contributed by atoms with van der Waals surface area (Å²) in [6.07, 6.45) is 7.14. The second kappa shape index (κ2) is 5.71. The molecule has 0 aliphatic carbocycles. The van der Waals surface area contributed by atoms with Crippen LogP contribution in [0.4, 0.5) is 0 Å². The largest absolute Gasteiger partial charge is 0.381 e. The van der Waals surface area contributed by atoms with Crippen molar-refractivity contribution in [3.8, 4) is 0 Å². The average Bonchev–Trinajstić information content (AvgIpc) is 2.16. The van der Waals surface area contributed by atoms with E-state index in [0.717, 1.165) is 19.1 Å². The maximum absolute atomic E-state index is 5.40. The Hall–Kier alpha value is -0.0831. The minimum atomic E-state index is -0.954. The minimum absolute atomic E-state index is 0.954. The van der Waals surface area contributed by atoms with Crippen LogP contribution in [0.2, 0.25) is 25.2 Å². The van der Waals surface area contributed by atoms with Crippen LogP contribution in [0.1, 0.15) is 19.8 Å². The third-order valence-electron chi connectivity index (χ3n) is 3.09. The van der Waals surface area contributed by atoms with Gasteiger partial charge in [-0.25, -0.2) is 0 Å². The van der Waals surface area contributed by atoms with E-state index < -0.39 is 8.07 Å². The van der Waals surface area contributed by atoms with E-state index in [-0.39, 0.29) is 0 Å². The van der Waals surface area contributed by atoms with Gasteiger partial charge in [-0.1, -0.05) is 31.3 Å². The minimum Gasteiger partial charge on any atom is -0.381 e. The zero-order chi connectivity index (χ0) is 10.4. The fourth-order valence-corrected chi connectivity index (χ4v) is 5.26. The second-order valence-corrected chi connectivity index (χ2v) is 10.3. The van der Waals surface area contributed by atoms with Crippen LogP contribution in [-0.4, -0.2) is 21.3 Å². The molecule has 0 unspecified atom stereocenters. The number of allylic oxidation sites excluding steroid dienone is 2. The van der Waals surface area contributed by atoms with Crippen LogP contribution in [0.3, 0.4) is 0 Å². The van der Waals surface area contributed by atoms with Crippen molar-refractivity contribution in [2.45, 2.75) is 44.9 Å². The molecule has 2 heteroatoms. The number of ether oxygens (including phenoxy) is 1. The van der Waals surface area contributed by atoms with E-state index in [9.17, 15) is 0 Å². The summed E-state index contributed by atoms with van der Waals surface area (Å²) in [7, 11) is -0.954. The van der Waals surface area contributed by atoms with Crippen molar-refractivity contribution in [1.29, 1.82) is 0 Å². The van der Waals surface area contributed by atoms with Gasteiger partial charge < -0.3 is 4.74 Å². The molecular formula is C12H24OSi. The first-order chi connectivity index (χ1) is 6.64. The fourth-order valence-electron chi connectivity index (χ4n) is 2.25. The standard InChI is InChI=1S/C12H24OSi/c1-4-5-10-14(2,3)11-12-6-8-13-9-7-12/h4-5,12H,6-11H2,1-3H3. The Morgan fingerprint density at radius 3 is 2.50 bits per heavy atom. The summed E-state index contributed by atoms with van der Waals surface area (Å²) in [4.78, 5) is 0. The maximum Gasteiger partial charge on any atom is 0.0514 e. The third-order valence-corrected chi connectivity index (χ3v) is 6.11. The number of hydrogen-bond acceptors (Lipinski definition) is 1. The summed E-state index contributed by atoms with van der Waals surface area (Å²) in [5, 5.41) is 0. The summed E-state index contributed by atoms with van der Waals surface area (Å²) in [5.74, 6) is 0.954. The third kappa shape index (κ3) is 4.42. The Labute approximate surface area is 89.6 Å². The summed E-state index contributed by atoms with van der Waals surface area (Å²) < 4.78 is 5.40. The van der Waals surface area contributed by atoms with Gasteiger partial charge in [-0.2, -0.15) is 0 Å². The quantitative estimate of drug-likeness (QED) is 0.510. The molecule has 1 rings (SSSR count). The number of rotatable bonds is 4. The van der Waals surface area contributed by atoms with Crippen LogP contribution in [0.25, 0.3) is 0 Å². The lowest BCUT2D eigenvalue weighted by Crippen LogP contribution is -2.30. The summed E-state index contributed by atoms with van der Waals surface area (Å²) in [6, 6.07) is 2.83. The van der Waals surface area contributed by atoms with Gasteiger partial charge in [-0.15, -0.1) is 0 Å². The highest BCUT2D eigenvalue weighted by molar-refractivity contribution is 6.77. The van der Waals surface area contributed by atoms with Gasteiger partial charge in [0, 0.05) is 13.2 Å². The first-order valence-electron chi connectivity index (χ1n) is 5.83. The Bertz CT molecular complexity index is 181. The van der Waals surface area contributed by atoms with Crippen molar-refractivity contribution < 1.29 is 4.74 Å². The van der Waals surface area contributed by atoms with Gasteiger partial charge in [-0.3, -0.25) is 0 Å². The molecule has 0 spiro atoms. The molecule has 1 fully saturated rings. The second-order valence-electron chi connectivity index (χ2n) is 5.20. The van der Waals surface area contributed by atoms with E-state index in [2.05, 4.69) is 32.2 Å². The molecule has 1 aliphatic heterocycles. The Kier molecular flexibility index (Phi) is 4.89. The predicted octanol–water partition coefficient (Wildman–Crippen LogP) is 3.70. The van der Waals surface area contributed by atoms with E-state index in [4.69, 9.17) is 4.74 Å². The molecule has 0 atom stereocenters. The van der Waals surface area contributed by atoms with Crippen LogP contribution in [-0.2, 0) is 4.74 Å². The van der Waals surface area contributed by atoms with Crippen molar-refractivity contribution in [2.24, 2.45) is 5.92 Å². The highest BCUT2D eigenvalue weighted by Crippen LogP contribution is 2.28. The van der Waals surface area contributed by atoms with Crippen molar-refractivity contribution in [1.82, 2.24) is 0 Å². The van der Waals surface area contributed by atoms with Gasteiger partial charge >= 0.3 is 0 Å². The Balaban J connectivity index is 2.32. The van der Waals surface area contributed by atoms with Gasteiger partial charge in [-0.05, 0) is 31.7 Å². The molecule has 0 amide bonds. The SMILES string of the molecule is CC=CC[Si](C)(C)CC1CCOCC1. The van der Waals surface area contributed by atoms with E-state index in [0.29, 0.717) is 0 Å². The number of hydrogen-bond donors (Lipinski definition) is 0. The van der Waals surface area contributed by atoms with Crippen LogP contribution < -0.4 is 0 Å². The van der Waals surface area contributed by atoms with Crippen LogP contribution in [0.15, 0.2) is 12.2 Å². The molecule has 1 aliphatic rings. The van der Waals surface area contributed by atoms with Crippen molar-refractivity contribution in [3.05, 3.63) is 12.2 Å².